The van der Waals surface area contributed by atoms with Crippen LogP contribution >= 0.6 is 0 Å². The molecule has 7 heteroatoms. The van der Waals surface area contributed by atoms with Crippen LogP contribution in [0.25, 0.3) is 0 Å². The van der Waals surface area contributed by atoms with Gasteiger partial charge in [-0.3, -0.25) is 14.9 Å². The molecule has 0 saturated heterocycles. The summed E-state index contributed by atoms with van der Waals surface area (Å²) in [7, 11) is 1.63. The van der Waals surface area contributed by atoms with Crippen molar-refractivity contribution in [2.24, 2.45) is 0 Å². The van der Waals surface area contributed by atoms with Gasteiger partial charge in [0.1, 0.15) is 6.61 Å². The molecule has 1 aliphatic heterocycles. The van der Waals surface area contributed by atoms with Gasteiger partial charge in [-0.1, -0.05) is 0 Å². The van der Waals surface area contributed by atoms with E-state index in [1.54, 1.807) is 25.2 Å². The molecule has 2 N–H and O–H groups in total. The standard InChI is InChI=1S/C14H16N2O5/c1-16(6-2-3-12(17)18)13(19)9-4-5-11-10(7-9)8-21-14(20)15-11/h4-5,7H,2-3,6,8H2,1H3,(H,15,20)(H,17,18). The summed E-state index contributed by atoms with van der Waals surface area (Å²) in [6.45, 7) is 0.500. The molecule has 1 aromatic rings. The zero-order valence-corrected chi connectivity index (χ0v) is 11.6. The van der Waals surface area contributed by atoms with Crippen LogP contribution in [0.15, 0.2) is 18.2 Å². The fourth-order valence-electron chi connectivity index (χ4n) is 2.05. The summed E-state index contributed by atoms with van der Waals surface area (Å²) in [5.41, 5.74) is 1.85. The second kappa shape index (κ2) is 6.25. The number of benzene rings is 1. The van der Waals surface area contributed by atoms with Gasteiger partial charge in [0.15, 0.2) is 0 Å². The second-order valence-corrected chi connectivity index (χ2v) is 4.80. The van der Waals surface area contributed by atoms with Crippen molar-refractivity contribution in [3.8, 4) is 0 Å². The first kappa shape index (κ1) is 14.8. The minimum atomic E-state index is -0.877. The molecular formula is C14H16N2O5. The summed E-state index contributed by atoms with van der Waals surface area (Å²) in [5.74, 6) is -1.07. The lowest BCUT2D eigenvalue weighted by molar-refractivity contribution is -0.137. The number of amides is 2. The average molecular weight is 292 g/mol. The predicted molar refractivity (Wildman–Crippen MR) is 74.1 cm³/mol. The van der Waals surface area contributed by atoms with Crippen molar-refractivity contribution in [3.63, 3.8) is 0 Å². The fourth-order valence-corrected chi connectivity index (χ4v) is 2.05. The number of nitrogens with one attached hydrogen (secondary N) is 1. The Bertz CT molecular complexity index is 585. The molecule has 1 heterocycles. The first-order valence-electron chi connectivity index (χ1n) is 6.51. The van der Waals surface area contributed by atoms with Crippen molar-refractivity contribution in [3.05, 3.63) is 29.3 Å². The van der Waals surface area contributed by atoms with Gasteiger partial charge < -0.3 is 14.7 Å². The highest BCUT2D eigenvalue weighted by molar-refractivity contribution is 5.96. The molecule has 0 spiro atoms. The molecule has 0 aromatic heterocycles. The summed E-state index contributed by atoms with van der Waals surface area (Å²) in [5, 5.41) is 11.1. The third-order valence-corrected chi connectivity index (χ3v) is 3.18. The van der Waals surface area contributed by atoms with Crippen molar-refractivity contribution in [1.82, 2.24) is 4.90 Å². The van der Waals surface area contributed by atoms with Crippen LogP contribution in [0.2, 0.25) is 0 Å². The Hall–Kier alpha value is -2.57. The van der Waals surface area contributed by atoms with Crippen molar-refractivity contribution < 1.29 is 24.2 Å². The van der Waals surface area contributed by atoms with Gasteiger partial charge in [-0.25, -0.2) is 4.79 Å². The Morgan fingerprint density at radius 2 is 2.19 bits per heavy atom. The average Bonchev–Trinajstić information content (AvgIpc) is 2.45. The molecule has 112 valence electrons. The largest absolute Gasteiger partial charge is 0.481 e. The van der Waals surface area contributed by atoms with E-state index in [0.717, 1.165) is 5.56 Å². The fraction of sp³-hybridized carbons (Fsp3) is 0.357. The van der Waals surface area contributed by atoms with Crippen LogP contribution in [0.1, 0.15) is 28.8 Å². The maximum absolute atomic E-state index is 12.2. The number of hydrogen-bond donors (Lipinski definition) is 2. The highest BCUT2D eigenvalue weighted by Gasteiger charge is 2.19. The molecule has 1 aromatic carbocycles. The minimum absolute atomic E-state index is 0.0294. The third-order valence-electron chi connectivity index (χ3n) is 3.18. The summed E-state index contributed by atoms with van der Waals surface area (Å²) in [6.07, 6.45) is -0.0732. The Kier molecular flexibility index (Phi) is 4.42. The molecule has 0 unspecified atom stereocenters. The van der Waals surface area contributed by atoms with Crippen LogP contribution in [0, 0.1) is 0 Å². The minimum Gasteiger partial charge on any atom is -0.481 e. The Morgan fingerprint density at radius 3 is 2.90 bits per heavy atom. The molecule has 21 heavy (non-hydrogen) atoms. The van der Waals surface area contributed by atoms with Gasteiger partial charge in [-0.2, -0.15) is 0 Å². The van der Waals surface area contributed by atoms with E-state index in [9.17, 15) is 14.4 Å². The van der Waals surface area contributed by atoms with Crippen molar-refractivity contribution in [2.75, 3.05) is 18.9 Å². The van der Waals surface area contributed by atoms with Gasteiger partial charge in [0.2, 0.25) is 0 Å². The number of aliphatic carboxylic acids is 1. The van der Waals surface area contributed by atoms with Crippen molar-refractivity contribution in [2.45, 2.75) is 19.4 Å². The highest BCUT2D eigenvalue weighted by atomic mass is 16.5. The number of carbonyl (C=O) groups excluding carboxylic acids is 2. The van der Waals surface area contributed by atoms with Crippen LogP contribution in [0.4, 0.5) is 10.5 Å². The summed E-state index contributed by atoms with van der Waals surface area (Å²) < 4.78 is 4.85. The van der Waals surface area contributed by atoms with Crippen LogP contribution < -0.4 is 5.32 Å². The molecule has 2 rings (SSSR count). The van der Waals surface area contributed by atoms with Crippen LogP contribution in [-0.4, -0.2) is 41.6 Å². The van der Waals surface area contributed by atoms with Gasteiger partial charge in [-0.05, 0) is 24.6 Å². The van der Waals surface area contributed by atoms with Gasteiger partial charge in [0.05, 0.1) is 5.69 Å². The van der Waals surface area contributed by atoms with Gasteiger partial charge in [0.25, 0.3) is 5.91 Å². The molecule has 0 saturated carbocycles. The molecule has 2 amide bonds. The van der Waals surface area contributed by atoms with E-state index in [1.165, 1.54) is 4.90 Å². The molecule has 0 aliphatic carbocycles. The Labute approximate surface area is 121 Å². The van der Waals surface area contributed by atoms with E-state index in [1.807, 2.05) is 0 Å². The number of ether oxygens (including phenoxy) is 1. The van der Waals surface area contributed by atoms with Gasteiger partial charge in [0, 0.05) is 31.1 Å². The maximum atomic E-state index is 12.2. The highest BCUT2D eigenvalue weighted by Crippen LogP contribution is 2.23. The number of nitrogens with zero attached hydrogens (tertiary/aromatic N) is 1. The summed E-state index contributed by atoms with van der Waals surface area (Å²) in [4.78, 5) is 35.2. The summed E-state index contributed by atoms with van der Waals surface area (Å²) >= 11 is 0. The third kappa shape index (κ3) is 3.71. The van der Waals surface area contributed by atoms with Crippen LogP contribution in [-0.2, 0) is 16.1 Å². The molecule has 7 nitrogen and oxygen atoms in total. The zero-order chi connectivity index (χ0) is 15.4. The quantitative estimate of drug-likeness (QED) is 0.860. The molecular weight excluding hydrogens is 276 g/mol. The molecule has 1 aliphatic rings. The van der Waals surface area contributed by atoms with E-state index in [0.29, 0.717) is 24.2 Å². The van der Waals surface area contributed by atoms with E-state index >= 15 is 0 Å². The van der Waals surface area contributed by atoms with Crippen molar-refractivity contribution >= 4 is 23.7 Å². The van der Waals surface area contributed by atoms with Gasteiger partial charge in [-0.15, -0.1) is 0 Å². The Balaban J connectivity index is 2.02. The lowest BCUT2D eigenvalue weighted by Gasteiger charge is -2.20. The normalized spacial score (nSPS) is 12.9. The van der Waals surface area contributed by atoms with E-state index in [-0.39, 0.29) is 18.9 Å². The van der Waals surface area contributed by atoms with E-state index < -0.39 is 12.1 Å². The number of fused-ring (bicyclic) bond motifs is 1. The maximum Gasteiger partial charge on any atom is 0.411 e. The number of cyclic esters (lactones) is 1. The van der Waals surface area contributed by atoms with E-state index in [4.69, 9.17) is 9.84 Å². The predicted octanol–water partition coefficient (Wildman–Crippen LogP) is 1.69. The summed E-state index contributed by atoms with van der Waals surface area (Å²) in [6, 6.07) is 4.96. The topological polar surface area (TPSA) is 95.9 Å². The first-order chi connectivity index (χ1) is 9.97. The van der Waals surface area contributed by atoms with Crippen LogP contribution in [0.3, 0.4) is 0 Å². The van der Waals surface area contributed by atoms with E-state index in [2.05, 4.69) is 5.32 Å². The number of rotatable bonds is 5. The molecule has 0 bridgehead atoms. The second-order valence-electron chi connectivity index (χ2n) is 4.80. The first-order valence-corrected chi connectivity index (χ1v) is 6.51. The van der Waals surface area contributed by atoms with Gasteiger partial charge >= 0.3 is 12.1 Å². The van der Waals surface area contributed by atoms with Crippen molar-refractivity contribution in [1.29, 1.82) is 0 Å². The lowest BCUT2D eigenvalue weighted by atomic mass is 10.1. The number of hydrogen-bond acceptors (Lipinski definition) is 4. The monoisotopic (exact) mass is 292 g/mol. The molecule has 0 radical (unpaired) electrons. The SMILES string of the molecule is CN(CCCC(=O)O)C(=O)c1ccc2c(c1)COC(=O)N2. The smallest absolute Gasteiger partial charge is 0.411 e. The number of carboxylic acids is 1. The number of carbonyl (C=O) groups is 3. The van der Waals surface area contributed by atoms with Crippen LogP contribution in [0.5, 0.6) is 0 Å². The number of carboxylic acid groups (broad SMARTS) is 1. The Morgan fingerprint density at radius 1 is 1.43 bits per heavy atom. The lowest BCUT2D eigenvalue weighted by Crippen LogP contribution is -2.28. The zero-order valence-electron chi connectivity index (χ0n) is 11.6. The number of anilines is 1. The molecule has 0 atom stereocenters. The molecule has 0 fully saturated rings.